The molecule has 0 saturated carbocycles. The van der Waals surface area contributed by atoms with E-state index in [0.29, 0.717) is 6.54 Å². The normalized spacial score (nSPS) is 11.6. The number of aliphatic carboxylic acids is 1. The first-order chi connectivity index (χ1) is 7.64. The number of likely N-dealkylation sites (N-methyl/N-ethyl adjacent to an activating group) is 1. The zero-order valence-electron chi connectivity index (χ0n) is 11.5. The van der Waals surface area contributed by atoms with Gasteiger partial charge in [0, 0.05) is 25.0 Å². The lowest BCUT2D eigenvalue weighted by Gasteiger charge is -2.30. The van der Waals surface area contributed by atoms with Crippen molar-refractivity contribution < 1.29 is 14.7 Å². The Kier molecular flexibility index (Phi) is 6.16. The molecule has 0 rings (SSSR count). The molecule has 17 heavy (non-hydrogen) atoms. The molecular formula is C12H24N2O3. The summed E-state index contributed by atoms with van der Waals surface area (Å²) in [6, 6.07) is 0. The third kappa shape index (κ3) is 6.94. The van der Waals surface area contributed by atoms with E-state index >= 15 is 0 Å². The van der Waals surface area contributed by atoms with Gasteiger partial charge in [0.2, 0.25) is 5.91 Å². The second-order valence-corrected chi connectivity index (χ2v) is 5.49. The molecule has 0 aromatic carbocycles. The van der Waals surface area contributed by atoms with Crippen LogP contribution in [0.5, 0.6) is 0 Å². The van der Waals surface area contributed by atoms with Crippen LogP contribution in [0.15, 0.2) is 0 Å². The molecule has 1 amide bonds. The lowest BCUT2D eigenvalue weighted by molar-refractivity contribution is -0.142. The maximum atomic E-state index is 12.1. The average Bonchev–Trinajstić information content (AvgIpc) is 2.14. The third-order valence-corrected chi connectivity index (χ3v) is 2.34. The summed E-state index contributed by atoms with van der Waals surface area (Å²) in [4.78, 5) is 26.3. The summed E-state index contributed by atoms with van der Waals surface area (Å²) in [5.74, 6) is -0.873. The van der Waals surface area contributed by atoms with Crippen molar-refractivity contribution in [1.29, 1.82) is 0 Å². The summed E-state index contributed by atoms with van der Waals surface area (Å²) in [7, 11) is 3.86. The van der Waals surface area contributed by atoms with Crippen LogP contribution in [0.1, 0.15) is 27.2 Å². The van der Waals surface area contributed by atoms with Crippen molar-refractivity contribution in [3.8, 4) is 0 Å². The Balaban J connectivity index is 4.49. The van der Waals surface area contributed by atoms with Gasteiger partial charge in [0.15, 0.2) is 0 Å². The van der Waals surface area contributed by atoms with Crippen molar-refractivity contribution in [2.45, 2.75) is 27.2 Å². The summed E-state index contributed by atoms with van der Waals surface area (Å²) in [5, 5.41) is 8.68. The van der Waals surface area contributed by atoms with Gasteiger partial charge < -0.3 is 14.9 Å². The Bertz CT molecular complexity index is 269. The number of amides is 1. The Labute approximate surface area is 103 Å². The Hall–Kier alpha value is -1.10. The number of hydrogen-bond acceptors (Lipinski definition) is 3. The fraction of sp³-hybridized carbons (Fsp3) is 0.833. The fourth-order valence-corrected chi connectivity index (χ4v) is 1.34. The van der Waals surface area contributed by atoms with Crippen molar-refractivity contribution in [1.82, 2.24) is 9.80 Å². The maximum absolute atomic E-state index is 12.1. The van der Waals surface area contributed by atoms with Crippen LogP contribution >= 0.6 is 0 Å². The Morgan fingerprint density at radius 2 is 1.59 bits per heavy atom. The van der Waals surface area contributed by atoms with Crippen LogP contribution in [0.3, 0.4) is 0 Å². The number of carbonyl (C=O) groups is 2. The first kappa shape index (κ1) is 15.9. The SMILES string of the molecule is CN(C)CCN(CCC(=O)O)C(=O)C(C)(C)C. The zero-order chi connectivity index (χ0) is 13.6. The summed E-state index contributed by atoms with van der Waals surface area (Å²) in [6.45, 7) is 7.12. The van der Waals surface area contributed by atoms with Gasteiger partial charge in [-0.15, -0.1) is 0 Å². The van der Waals surface area contributed by atoms with E-state index in [2.05, 4.69) is 0 Å². The van der Waals surface area contributed by atoms with Gasteiger partial charge in [-0.3, -0.25) is 9.59 Å². The van der Waals surface area contributed by atoms with E-state index in [-0.39, 0.29) is 18.9 Å². The van der Waals surface area contributed by atoms with E-state index in [1.54, 1.807) is 4.90 Å². The van der Waals surface area contributed by atoms with Crippen LogP contribution in [0.25, 0.3) is 0 Å². The largest absolute Gasteiger partial charge is 0.481 e. The standard InChI is InChI=1S/C12H24N2O3/c1-12(2,3)11(17)14(7-6-10(15)16)9-8-13(4)5/h6-9H2,1-5H3,(H,15,16). The van der Waals surface area contributed by atoms with Crippen LogP contribution in [0, 0.1) is 5.41 Å². The van der Waals surface area contributed by atoms with E-state index in [1.807, 2.05) is 39.8 Å². The highest BCUT2D eigenvalue weighted by Gasteiger charge is 2.27. The van der Waals surface area contributed by atoms with E-state index < -0.39 is 11.4 Å². The highest BCUT2D eigenvalue weighted by atomic mass is 16.4. The number of carboxylic acid groups (broad SMARTS) is 1. The number of carbonyl (C=O) groups excluding carboxylic acids is 1. The lowest BCUT2D eigenvalue weighted by Crippen LogP contribution is -2.43. The molecular weight excluding hydrogens is 220 g/mol. The van der Waals surface area contributed by atoms with Gasteiger partial charge in [-0.1, -0.05) is 20.8 Å². The van der Waals surface area contributed by atoms with E-state index in [9.17, 15) is 9.59 Å². The van der Waals surface area contributed by atoms with E-state index in [1.165, 1.54) is 0 Å². The molecule has 0 aromatic heterocycles. The molecule has 0 aromatic rings. The molecule has 5 nitrogen and oxygen atoms in total. The third-order valence-electron chi connectivity index (χ3n) is 2.34. The van der Waals surface area contributed by atoms with Gasteiger partial charge in [0.1, 0.15) is 0 Å². The molecule has 0 fully saturated rings. The monoisotopic (exact) mass is 244 g/mol. The minimum atomic E-state index is -0.874. The molecule has 0 heterocycles. The fourth-order valence-electron chi connectivity index (χ4n) is 1.34. The predicted octanol–water partition coefficient (Wildman–Crippen LogP) is 0.897. The number of carboxylic acids is 1. The molecule has 0 aliphatic heterocycles. The van der Waals surface area contributed by atoms with Crippen molar-refractivity contribution >= 4 is 11.9 Å². The van der Waals surface area contributed by atoms with Crippen LogP contribution < -0.4 is 0 Å². The maximum Gasteiger partial charge on any atom is 0.305 e. The quantitative estimate of drug-likeness (QED) is 0.754. The average molecular weight is 244 g/mol. The van der Waals surface area contributed by atoms with E-state index in [0.717, 1.165) is 6.54 Å². The van der Waals surface area contributed by atoms with Crippen LogP contribution in [0.2, 0.25) is 0 Å². The molecule has 0 aliphatic rings. The molecule has 0 radical (unpaired) electrons. The molecule has 1 N–H and O–H groups in total. The first-order valence-corrected chi connectivity index (χ1v) is 5.80. The van der Waals surface area contributed by atoms with Crippen LogP contribution in [-0.2, 0) is 9.59 Å². The van der Waals surface area contributed by atoms with E-state index in [4.69, 9.17) is 5.11 Å². The second kappa shape index (κ2) is 6.59. The lowest BCUT2D eigenvalue weighted by atomic mass is 9.94. The summed E-state index contributed by atoms with van der Waals surface area (Å²) >= 11 is 0. The molecule has 0 bridgehead atoms. The smallest absolute Gasteiger partial charge is 0.305 e. The van der Waals surface area contributed by atoms with Crippen LogP contribution in [0.4, 0.5) is 0 Å². The van der Waals surface area contributed by atoms with Crippen molar-refractivity contribution in [3.63, 3.8) is 0 Å². The van der Waals surface area contributed by atoms with Gasteiger partial charge >= 0.3 is 5.97 Å². The number of nitrogens with zero attached hydrogens (tertiary/aromatic N) is 2. The number of hydrogen-bond donors (Lipinski definition) is 1. The number of rotatable bonds is 6. The summed E-state index contributed by atoms with van der Waals surface area (Å²) in [5.41, 5.74) is -0.467. The van der Waals surface area contributed by atoms with Crippen molar-refractivity contribution in [2.24, 2.45) is 5.41 Å². The minimum Gasteiger partial charge on any atom is -0.481 e. The van der Waals surface area contributed by atoms with Gasteiger partial charge in [0.05, 0.1) is 6.42 Å². The van der Waals surface area contributed by atoms with Crippen molar-refractivity contribution in [2.75, 3.05) is 33.7 Å². The molecule has 0 unspecified atom stereocenters. The van der Waals surface area contributed by atoms with Crippen molar-refractivity contribution in [3.05, 3.63) is 0 Å². The summed E-state index contributed by atoms with van der Waals surface area (Å²) < 4.78 is 0. The highest BCUT2D eigenvalue weighted by Crippen LogP contribution is 2.17. The molecule has 100 valence electrons. The van der Waals surface area contributed by atoms with Gasteiger partial charge in [0.25, 0.3) is 0 Å². The van der Waals surface area contributed by atoms with Gasteiger partial charge in [-0.2, -0.15) is 0 Å². The zero-order valence-corrected chi connectivity index (χ0v) is 11.5. The van der Waals surface area contributed by atoms with Gasteiger partial charge in [-0.25, -0.2) is 0 Å². The molecule has 0 atom stereocenters. The molecule has 0 aliphatic carbocycles. The van der Waals surface area contributed by atoms with Gasteiger partial charge in [-0.05, 0) is 14.1 Å². The Morgan fingerprint density at radius 1 is 1.06 bits per heavy atom. The second-order valence-electron chi connectivity index (χ2n) is 5.49. The highest BCUT2D eigenvalue weighted by molar-refractivity contribution is 5.82. The summed E-state index contributed by atoms with van der Waals surface area (Å²) in [6.07, 6.45) is -0.00471. The minimum absolute atomic E-state index is 0.000556. The topological polar surface area (TPSA) is 60.9 Å². The predicted molar refractivity (Wildman–Crippen MR) is 66.8 cm³/mol. The Morgan fingerprint density at radius 3 is 1.94 bits per heavy atom. The molecule has 0 saturated heterocycles. The first-order valence-electron chi connectivity index (χ1n) is 5.80. The van der Waals surface area contributed by atoms with Crippen LogP contribution in [-0.4, -0.2) is 60.5 Å². The molecule has 0 spiro atoms. The molecule has 5 heteroatoms.